The van der Waals surface area contributed by atoms with Crippen molar-refractivity contribution in [1.82, 2.24) is 10.3 Å². The fourth-order valence-electron chi connectivity index (χ4n) is 6.88. The molecule has 0 bridgehead atoms. The molecule has 6 nitrogen and oxygen atoms in total. The summed E-state index contributed by atoms with van der Waals surface area (Å²) in [7, 11) is 0. The minimum atomic E-state index is -1.05. The molecule has 2 unspecified atom stereocenters. The largest absolute Gasteiger partial charge is 0.507 e. The molecule has 4 aromatic rings. The number of rotatable bonds is 6. The number of aryl methyl sites for hydroxylation is 3. The summed E-state index contributed by atoms with van der Waals surface area (Å²) in [6.07, 6.45) is 2.05. The van der Waals surface area contributed by atoms with E-state index in [4.69, 9.17) is 16.6 Å². The predicted octanol–water partition coefficient (Wildman–Crippen LogP) is 8.36. The monoisotopic (exact) mass is 618 g/mol. The Bertz CT molecular complexity index is 2050. The van der Waals surface area contributed by atoms with Gasteiger partial charge in [0.05, 0.1) is 16.1 Å². The number of phenols is 1. The third-order valence-corrected chi connectivity index (χ3v) is 9.49. The number of halogens is 1. The van der Waals surface area contributed by atoms with E-state index < -0.39 is 5.97 Å². The number of phenolic OH excluding ortho intramolecular Hbond substituents is 1. The number of ketones is 1. The molecule has 6 rings (SSSR count). The zero-order valence-electron chi connectivity index (χ0n) is 26.2. The van der Waals surface area contributed by atoms with Crippen LogP contribution >= 0.6 is 11.6 Å². The molecular formula is C38H35ClN2O4. The van der Waals surface area contributed by atoms with Crippen LogP contribution in [0.2, 0.25) is 0 Å². The Kier molecular flexibility index (Phi) is 7.76. The van der Waals surface area contributed by atoms with E-state index in [1.54, 1.807) is 37.3 Å². The third-order valence-electron chi connectivity index (χ3n) is 9.21. The van der Waals surface area contributed by atoms with Crippen LogP contribution in [-0.2, 0) is 11.2 Å². The Hall–Kier alpha value is -4.52. The molecule has 0 fully saturated rings. The normalized spacial score (nSPS) is 16.0. The number of aromatic carboxylic acids is 1. The summed E-state index contributed by atoms with van der Waals surface area (Å²) >= 11 is 6.45. The molecule has 2 aliphatic carbocycles. The van der Waals surface area contributed by atoms with E-state index in [0.717, 1.165) is 55.6 Å². The summed E-state index contributed by atoms with van der Waals surface area (Å²) < 4.78 is 0. The fraction of sp³-hybridized carbons (Fsp3) is 0.237. The molecule has 0 radical (unpaired) electrons. The molecule has 0 spiro atoms. The summed E-state index contributed by atoms with van der Waals surface area (Å²) in [6.45, 7) is 11.8. The van der Waals surface area contributed by atoms with Crippen LogP contribution in [0.4, 0.5) is 0 Å². The smallest absolute Gasteiger partial charge is 0.336 e. The van der Waals surface area contributed by atoms with Gasteiger partial charge in [0, 0.05) is 34.3 Å². The van der Waals surface area contributed by atoms with E-state index in [-0.39, 0.29) is 34.2 Å². The van der Waals surface area contributed by atoms with Gasteiger partial charge in [0.1, 0.15) is 5.75 Å². The van der Waals surface area contributed by atoms with Crippen molar-refractivity contribution in [3.8, 4) is 5.75 Å². The molecule has 228 valence electrons. The van der Waals surface area contributed by atoms with Gasteiger partial charge in [-0.2, -0.15) is 0 Å². The average Bonchev–Trinajstić information content (AvgIpc) is 3.00. The van der Waals surface area contributed by atoms with Gasteiger partial charge < -0.3 is 15.5 Å². The Labute approximate surface area is 267 Å². The first-order valence-electron chi connectivity index (χ1n) is 15.1. The first-order chi connectivity index (χ1) is 21.4. The van der Waals surface area contributed by atoms with E-state index in [1.807, 2.05) is 32.9 Å². The molecule has 0 saturated carbocycles. The molecule has 3 aromatic carbocycles. The van der Waals surface area contributed by atoms with Crippen molar-refractivity contribution < 1.29 is 19.8 Å². The number of fused-ring (bicyclic) bond motifs is 3. The Balaban J connectivity index is 1.55. The molecule has 1 heterocycles. The lowest BCUT2D eigenvalue weighted by Crippen LogP contribution is -2.26. The molecule has 0 saturated heterocycles. The molecule has 2 aliphatic rings. The van der Waals surface area contributed by atoms with Crippen molar-refractivity contribution in [2.45, 2.75) is 60.0 Å². The molecule has 1 aromatic heterocycles. The zero-order valence-corrected chi connectivity index (χ0v) is 26.9. The van der Waals surface area contributed by atoms with Crippen LogP contribution in [0.1, 0.15) is 87.9 Å². The van der Waals surface area contributed by atoms with Crippen molar-refractivity contribution in [3.63, 3.8) is 0 Å². The number of carbonyl (C=O) groups is 2. The lowest BCUT2D eigenvalue weighted by molar-refractivity contribution is -0.111. The van der Waals surface area contributed by atoms with Crippen molar-refractivity contribution in [3.05, 3.63) is 133 Å². The van der Waals surface area contributed by atoms with Gasteiger partial charge in [0.15, 0.2) is 5.78 Å². The highest BCUT2D eigenvalue weighted by molar-refractivity contribution is 6.46. The van der Waals surface area contributed by atoms with Crippen molar-refractivity contribution in [1.29, 1.82) is 0 Å². The van der Waals surface area contributed by atoms with E-state index in [1.165, 1.54) is 0 Å². The van der Waals surface area contributed by atoms with Gasteiger partial charge in [0.25, 0.3) is 0 Å². The number of aromatic nitrogens is 1. The van der Waals surface area contributed by atoms with Crippen LogP contribution < -0.4 is 5.32 Å². The Morgan fingerprint density at radius 2 is 1.69 bits per heavy atom. The first kappa shape index (κ1) is 30.5. The highest BCUT2D eigenvalue weighted by atomic mass is 35.5. The molecule has 7 heteroatoms. The van der Waals surface area contributed by atoms with Gasteiger partial charge in [-0.05, 0) is 122 Å². The zero-order chi connectivity index (χ0) is 32.3. The lowest BCUT2D eigenvalue weighted by Gasteiger charge is -2.33. The number of hydrogen-bond acceptors (Lipinski definition) is 5. The van der Waals surface area contributed by atoms with Gasteiger partial charge >= 0.3 is 5.97 Å². The summed E-state index contributed by atoms with van der Waals surface area (Å²) in [5.74, 6) is -1.13. The van der Waals surface area contributed by atoms with Crippen LogP contribution in [0.15, 0.2) is 82.4 Å². The molecular weight excluding hydrogens is 584 g/mol. The summed E-state index contributed by atoms with van der Waals surface area (Å²) in [6, 6.07) is 16.7. The molecule has 45 heavy (non-hydrogen) atoms. The number of carboxylic acid groups (broad SMARTS) is 1. The maximum atomic E-state index is 13.1. The van der Waals surface area contributed by atoms with Gasteiger partial charge in [-0.25, -0.2) is 4.79 Å². The minimum absolute atomic E-state index is 0.0914. The van der Waals surface area contributed by atoms with Gasteiger partial charge in [-0.1, -0.05) is 48.0 Å². The van der Waals surface area contributed by atoms with E-state index in [0.29, 0.717) is 28.7 Å². The van der Waals surface area contributed by atoms with Crippen LogP contribution in [0.25, 0.3) is 16.5 Å². The minimum Gasteiger partial charge on any atom is -0.507 e. The number of carbonyl (C=O) groups excluding carboxylic acids is 1. The van der Waals surface area contributed by atoms with Crippen molar-refractivity contribution >= 4 is 39.8 Å². The van der Waals surface area contributed by atoms with Crippen molar-refractivity contribution in [2.24, 2.45) is 0 Å². The maximum Gasteiger partial charge on any atom is 0.336 e. The first-order valence-corrected chi connectivity index (χ1v) is 15.4. The second-order valence-corrected chi connectivity index (χ2v) is 12.6. The summed E-state index contributed by atoms with van der Waals surface area (Å²) in [5.41, 5.74) is 10.5. The lowest BCUT2D eigenvalue weighted by atomic mass is 9.72. The van der Waals surface area contributed by atoms with Gasteiger partial charge in [-0.15, -0.1) is 0 Å². The Morgan fingerprint density at radius 1 is 0.956 bits per heavy atom. The number of benzene rings is 3. The quantitative estimate of drug-likeness (QED) is 0.201. The predicted molar refractivity (Wildman–Crippen MR) is 179 cm³/mol. The number of nitrogens with zero attached hydrogens (tertiary/aromatic N) is 1. The average molecular weight is 619 g/mol. The standard InChI is InChI=1S/C38H35ClN2O4/c1-18-11-13-25(35-24(18)14-12-20(3)40-35)22(5)41-23(6)33-30-16-28-21(4)37(43)32(39)17-31(28)34(29(30)15-19(2)36(33)42)26-9-7-8-10-27(26)38(44)45/h7-15,17,22-23,41-42H,16H2,1-6H3,(H,44,45). The third kappa shape index (κ3) is 5.08. The number of allylic oxidation sites excluding steroid dienone is 5. The van der Waals surface area contributed by atoms with Gasteiger partial charge in [0.2, 0.25) is 0 Å². The molecule has 3 N–H and O–H groups in total. The molecule has 0 aliphatic heterocycles. The molecule has 0 amide bonds. The fourth-order valence-corrected chi connectivity index (χ4v) is 7.13. The highest BCUT2D eigenvalue weighted by Crippen LogP contribution is 2.48. The number of pyridine rings is 1. The number of hydrogen-bond donors (Lipinski definition) is 3. The van der Waals surface area contributed by atoms with Gasteiger partial charge in [-0.3, -0.25) is 9.78 Å². The topological polar surface area (TPSA) is 99.5 Å². The van der Waals surface area contributed by atoms with E-state index in [9.17, 15) is 19.8 Å². The number of carboxylic acids is 1. The Morgan fingerprint density at radius 3 is 2.42 bits per heavy atom. The maximum absolute atomic E-state index is 13.1. The second-order valence-electron chi connectivity index (χ2n) is 12.2. The second kappa shape index (κ2) is 11.4. The SMILES string of the molecule is CC1=C2Cc3c(cc(C)c(O)c3C(C)NC(C)c3ccc(C)c4ccc(C)nc34)C(c3ccccc3C(=O)O)=C2C=C(Cl)C1=O. The van der Waals surface area contributed by atoms with Crippen LogP contribution in [0.5, 0.6) is 5.75 Å². The van der Waals surface area contributed by atoms with Crippen molar-refractivity contribution in [2.75, 3.05) is 0 Å². The highest BCUT2D eigenvalue weighted by Gasteiger charge is 2.35. The summed E-state index contributed by atoms with van der Waals surface area (Å²) in [4.78, 5) is 30.4. The van der Waals surface area contributed by atoms with Crippen LogP contribution in [0, 0.1) is 20.8 Å². The van der Waals surface area contributed by atoms with Crippen LogP contribution in [-0.4, -0.2) is 26.9 Å². The van der Waals surface area contributed by atoms with E-state index >= 15 is 0 Å². The summed E-state index contributed by atoms with van der Waals surface area (Å²) in [5, 5.41) is 26.7. The number of Topliss-reactive ketones (excluding diaryl/α,β-unsaturated/α-hetero) is 1. The van der Waals surface area contributed by atoms with Crippen LogP contribution in [0.3, 0.4) is 0 Å². The number of nitrogens with one attached hydrogen (secondary N) is 1. The molecule has 2 atom stereocenters. The number of aromatic hydroxyl groups is 1. The van der Waals surface area contributed by atoms with E-state index in [2.05, 4.69) is 37.4 Å².